The molecule has 8 nitrogen and oxygen atoms in total. The van der Waals surface area contributed by atoms with Crippen LogP contribution in [0.2, 0.25) is 0 Å². The molecule has 0 aliphatic heterocycles. The summed E-state index contributed by atoms with van der Waals surface area (Å²) in [5, 5.41) is 16.3. The summed E-state index contributed by atoms with van der Waals surface area (Å²) in [7, 11) is 6.16. The molecule has 8 heteroatoms. The number of nitrogens with zero attached hydrogens (tertiary/aromatic N) is 7. The van der Waals surface area contributed by atoms with E-state index in [2.05, 4.69) is 62.9 Å². The van der Waals surface area contributed by atoms with Crippen LogP contribution in [0.1, 0.15) is 12.8 Å². The minimum Gasteiger partial charge on any atom is -0.350 e. The monoisotopic (exact) mass is 362 g/mol. The van der Waals surface area contributed by atoms with Crippen molar-refractivity contribution in [2.45, 2.75) is 24.9 Å². The molecule has 27 heavy (non-hydrogen) atoms. The van der Waals surface area contributed by atoms with Crippen molar-refractivity contribution in [1.29, 1.82) is 0 Å². The van der Waals surface area contributed by atoms with Crippen molar-refractivity contribution in [1.82, 2.24) is 34.5 Å². The summed E-state index contributed by atoms with van der Waals surface area (Å²) >= 11 is 0. The van der Waals surface area contributed by atoms with E-state index < -0.39 is 0 Å². The summed E-state index contributed by atoms with van der Waals surface area (Å²) in [5.74, 6) is 0.679. The van der Waals surface area contributed by atoms with Gasteiger partial charge in [0.2, 0.25) is 5.95 Å². The lowest BCUT2D eigenvalue weighted by atomic mass is 9.86. The highest BCUT2D eigenvalue weighted by Crippen LogP contribution is 2.29. The molecule has 0 saturated heterocycles. The van der Waals surface area contributed by atoms with Crippen LogP contribution in [-0.2, 0) is 7.05 Å². The van der Waals surface area contributed by atoms with Crippen LogP contribution in [0.5, 0.6) is 0 Å². The molecule has 1 aliphatic rings. The molecule has 3 heterocycles. The highest BCUT2D eigenvalue weighted by molar-refractivity contribution is 5.87. The number of aromatic nitrogens is 6. The zero-order chi connectivity index (χ0) is 18.5. The van der Waals surface area contributed by atoms with Crippen LogP contribution in [0.3, 0.4) is 0 Å². The smallest absolute Gasteiger partial charge is 0.241 e. The molecule has 0 spiro atoms. The largest absolute Gasteiger partial charge is 0.350 e. The number of anilines is 1. The van der Waals surface area contributed by atoms with Crippen molar-refractivity contribution < 1.29 is 0 Å². The fourth-order valence-corrected chi connectivity index (χ4v) is 3.72. The topological polar surface area (TPSA) is 76.2 Å². The van der Waals surface area contributed by atoms with E-state index in [9.17, 15) is 0 Å². The molecule has 5 rings (SSSR count). The average Bonchev–Trinajstić information content (AvgIpc) is 3.20. The Morgan fingerprint density at radius 1 is 1.15 bits per heavy atom. The van der Waals surface area contributed by atoms with Gasteiger partial charge < -0.3 is 10.2 Å². The van der Waals surface area contributed by atoms with E-state index in [0.29, 0.717) is 18.0 Å². The molecule has 1 saturated carbocycles. The number of nitrogens with one attached hydrogen (secondary N) is 1. The lowest BCUT2D eigenvalue weighted by molar-refractivity contribution is 0.177. The maximum absolute atomic E-state index is 4.63. The van der Waals surface area contributed by atoms with Crippen molar-refractivity contribution >= 4 is 22.5 Å². The molecule has 0 atom stereocenters. The van der Waals surface area contributed by atoms with Crippen LogP contribution in [0, 0.1) is 0 Å². The van der Waals surface area contributed by atoms with Crippen molar-refractivity contribution in [2.24, 2.45) is 7.05 Å². The molecule has 0 bridgehead atoms. The Kier molecular flexibility index (Phi) is 3.61. The summed E-state index contributed by atoms with van der Waals surface area (Å²) < 4.78 is 3.67. The summed E-state index contributed by atoms with van der Waals surface area (Å²) in [6.07, 6.45) is 6.12. The van der Waals surface area contributed by atoms with Crippen molar-refractivity contribution in [3.63, 3.8) is 0 Å². The molecular formula is C19H22N8. The van der Waals surface area contributed by atoms with Crippen LogP contribution in [0.4, 0.5) is 5.95 Å². The fourth-order valence-electron chi connectivity index (χ4n) is 3.72. The Morgan fingerprint density at radius 2 is 2.00 bits per heavy atom. The first-order valence-corrected chi connectivity index (χ1v) is 9.15. The van der Waals surface area contributed by atoms with Crippen LogP contribution < -0.4 is 5.32 Å². The number of hydrogen-bond acceptors (Lipinski definition) is 6. The zero-order valence-electron chi connectivity index (χ0n) is 15.7. The molecule has 3 aromatic heterocycles. The van der Waals surface area contributed by atoms with Gasteiger partial charge in [0.25, 0.3) is 0 Å². The Morgan fingerprint density at radius 3 is 2.81 bits per heavy atom. The molecule has 138 valence electrons. The van der Waals surface area contributed by atoms with E-state index in [1.807, 2.05) is 30.0 Å². The fraction of sp³-hybridized carbons (Fsp3) is 0.368. The second-order valence-corrected chi connectivity index (χ2v) is 7.49. The lowest BCUT2D eigenvalue weighted by Gasteiger charge is -2.39. The number of aryl methyl sites for hydroxylation is 1. The first kappa shape index (κ1) is 16.2. The van der Waals surface area contributed by atoms with Gasteiger partial charge in [0.1, 0.15) is 5.52 Å². The van der Waals surface area contributed by atoms with Gasteiger partial charge in [-0.2, -0.15) is 0 Å². The Hall–Kier alpha value is -3.00. The quantitative estimate of drug-likeness (QED) is 0.600. The Balaban J connectivity index is 1.42. The normalized spacial score (nSPS) is 19.7. The molecule has 0 unspecified atom stereocenters. The van der Waals surface area contributed by atoms with Gasteiger partial charge in [0.05, 0.1) is 17.2 Å². The predicted octanol–water partition coefficient (Wildman–Crippen LogP) is 2.18. The third-order valence-electron chi connectivity index (χ3n) is 5.52. The van der Waals surface area contributed by atoms with Gasteiger partial charge in [-0.1, -0.05) is 11.3 Å². The summed E-state index contributed by atoms with van der Waals surface area (Å²) in [4.78, 5) is 6.81. The Labute approximate surface area is 156 Å². The standard InChI is InChI=1S/C19H22N8/c1-25(2)14-9-13(10-14)21-19-20-11-18-15(6-7-27(18)23-19)12-4-5-16-17(8-12)26(3)24-22-16/h4-8,11,13-14H,9-10H2,1-3H3,(H,21,23)/t13-,14+. The van der Waals surface area contributed by atoms with Crippen molar-refractivity contribution in [3.05, 3.63) is 36.7 Å². The van der Waals surface area contributed by atoms with E-state index in [1.165, 1.54) is 0 Å². The molecule has 0 amide bonds. The summed E-state index contributed by atoms with van der Waals surface area (Å²) in [5.41, 5.74) is 5.08. The van der Waals surface area contributed by atoms with E-state index >= 15 is 0 Å². The molecule has 1 aliphatic carbocycles. The predicted molar refractivity (Wildman–Crippen MR) is 105 cm³/mol. The SMILES string of the molecule is Cn1nnc2ccc(-c3ccn4nc(N[C@H]5C[C@@H](N(C)C)C5)ncc34)cc21. The molecule has 0 radical (unpaired) electrons. The van der Waals surface area contributed by atoms with E-state index in [4.69, 9.17) is 0 Å². The highest BCUT2D eigenvalue weighted by Gasteiger charge is 2.30. The van der Waals surface area contributed by atoms with E-state index in [0.717, 1.165) is 40.5 Å². The van der Waals surface area contributed by atoms with Crippen molar-refractivity contribution in [2.75, 3.05) is 19.4 Å². The Bertz CT molecular complexity index is 1120. The number of rotatable bonds is 4. The maximum atomic E-state index is 4.63. The first-order chi connectivity index (χ1) is 13.1. The van der Waals surface area contributed by atoms with Gasteiger partial charge in [-0.15, -0.1) is 10.2 Å². The second-order valence-electron chi connectivity index (χ2n) is 7.49. The molecule has 1 fully saturated rings. The third-order valence-corrected chi connectivity index (χ3v) is 5.52. The van der Waals surface area contributed by atoms with Crippen LogP contribution in [-0.4, -0.2) is 60.7 Å². The van der Waals surface area contributed by atoms with Gasteiger partial charge >= 0.3 is 0 Å². The minimum atomic E-state index is 0.449. The summed E-state index contributed by atoms with van der Waals surface area (Å²) in [6.45, 7) is 0. The van der Waals surface area contributed by atoms with Crippen LogP contribution in [0.25, 0.3) is 27.7 Å². The molecule has 1 N–H and O–H groups in total. The van der Waals surface area contributed by atoms with Crippen LogP contribution in [0.15, 0.2) is 36.7 Å². The van der Waals surface area contributed by atoms with E-state index in [1.54, 1.807) is 4.68 Å². The van der Waals surface area contributed by atoms with Gasteiger partial charge in [0, 0.05) is 30.9 Å². The third kappa shape index (κ3) is 2.73. The van der Waals surface area contributed by atoms with Crippen LogP contribution >= 0.6 is 0 Å². The number of benzene rings is 1. The molecule has 1 aromatic carbocycles. The van der Waals surface area contributed by atoms with Gasteiger partial charge in [-0.25, -0.2) is 14.2 Å². The van der Waals surface area contributed by atoms with Gasteiger partial charge in [-0.3, -0.25) is 0 Å². The van der Waals surface area contributed by atoms with Gasteiger partial charge in [-0.05, 0) is 50.7 Å². The second kappa shape index (κ2) is 6.02. The minimum absolute atomic E-state index is 0.449. The first-order valence-electron chi connectivity index (χ1n) is 9.15. The molecular weight excluding hydrogens is 340 g/mol. The lowest BCUT2D eigenvalue weighted by Crippen LogP contribution is -2.47. The van der Waals surface area contributed by atoms with E-state index in [-0.39, 0.29) is 0 Å². The number of fused-ring (bicyclic) bond motifs is 2. The molecule has 4 aromatic rings. The van der Waals surface area contributed by atoms with Gasteiger partial charge in [0.15, 0.2) is 0 Å². The van der Waals surface area contributed by atoms with Crippen molar-refractivity contribution in [3.8, 4) is 11.1 Å². The maximum Gasteiger partial charge on any atom is 0.241 e. The highest BCUT2D eigenvalue weighted by atomic mass is 15.4. The average molecular weight is 362 g/mol. The zero-order valence-corrected chi connectivity index (χ0v) is 15.7. The summed E-state index contributed by atoms with van der Waals surface area (Å²) in [6, 6.07) is 9.34. The number of hydrogen-bond donors (Lipinski definition) is 1.